The van der Waals surface area contributed by atoms with Crippen molar-refractivity contribution in [2.75, 3.05) is 0 Å². The summed E-state index contributed by atoms with van der Waals surface area (Å²) in [4.78, 5) is 0. The minimum Gasteiger partial charge on any atom is -0.283 e. The molecular formula is C6HF4O. The van der Waals surface area contributed by atoms with Crippen LogP contribution in [0.3, 0.4) is 0 Å². The Labute approximate surface area is 58.9 Å². The van der Waals surface area contributed by atoms with Gasteiger partial charge in [-0.1, -0.05) is 0 Å². The first-order valence-corrected chi connectivity index (χ1v) is 2.54. The molecule has 11 heavy (non-hydrogen) atoms. The zero-order valence-electron chi connectivity index (χ0n) is 5.00. The molecule has 0 unspecified atom stereocenters. The Morgan fingerprint density at radius 1 is 0.909 bits per heavy atom. The largest absolute Gasteiger partial charge is 0.283 e. The van der Waals surface area contributed by atoms with Gasteiger partial charge in [0.2, 0.25) is 11.6 Å². The van der Waals surface area contributed by atoms with Crippen molar-refractivity contribution in [2.24, 2.45) is 0 Å². The maximum absolute atomic E-state index is 12.1. The Balaban J connectivity index is 3.46. The standard InChI is InChI=1S/C6HF4O/c7-2-1-3(8)5(10)6(11)4(2)9/h1H. The summed E-state index contributed by atoms with van der Waals surface area (Å²) >= 11 is 0. The SMILES string of the molecule is [O]c1c(F)c(F)cc(F)c1F. The van der Waals surface area contributed by atoms with Crippen molar-refractivity contribution in [3.05, 3.63) is 29.3 Å². The highest BCUT2D eigenvalue weighted by atomic mass is 19.2. The second-order valence-electron chi connectivity index (χ2n) is 1.80. The van der Waals surface area contributed by atoms with E-state index in [4.69, 9.17) is 0 Å². The quantitative estimate of drug-likeness (QED) is 0.415. The Hall–Kier alpha value is -1.26. The molecule has 5 heteroatoms. The van der Waals surface area contributed by atoms with Crippen LogP contribution in [0.15, 0.2) is 6.07 Å². The van der Waals surface area contributed by atoms with Gasteiger partial charge >= 0.3 is 0 Å². The number of hydrogen-bond donors (Lipinski definition) is 0. The lowest BCUT2D eigenvalue weighted by atomic mass is 10.3. The van der Waals surface area contributed by atoms with E-state index in [0.717, 1.165) is 0 Å². The van der Waals surface area contributed by atoms with Crippen molar-refractivity contribution in [1.82, 2.24) is 0 Å². The van der Waals surface area contributed by atoms with E-state index >= 15 is 0 Å². The lowest BCUT2D eigenvalue weighted by Crippen LogP contribution is -1.92. The number of halogens is 4. The fourth-order valence-corrected chi connectivity index (χ4v) is 0.551. The molecule has 0 atom stereocenters. The molecular weight excluding hydrogens is 164 g/mol. The third kappa shape index (κ3) is 1.13. The van der Waals surface area contributed by atoms with E-state index in [2.05, 4.69) is 0 Å². The highest BCUT2D eigenvalue weighted by Crippen LogP contribution is 2.24. The maximum atomic E-state index is 12.1. The van der Waals surface area contributed by atoms with Crippen LogP contribution in [0.5, 0.6) is 5.75 Å². The molecule has 1 aromatic rings. The van der Waals surface area contributed by atoms with Gasteiger partial charge in [-0.05, 0) is 0 Å². The van der Waals surface area contributed by atoms with Crippen molar-refractivity contribution in [1.29, 1.82) is 0 Å². The molecule has 0 bridgehead atoms. The van der Waals surface area contributed by atoms with Crippen LogP contribution < -0.4 is 0 Å². The first-order chi connectivity index (χ1) is 5.04. The number of benzene rings is 1. The van der Waals surface area contributed by atoms with Crippen molar-refractivity contribution < 1.29 is 22.7 Å². The summed E-state index contributed by atoms with van der Waals surface area (Å²) in [6.45, 7) is 0. The van der Waals surface area contributed by atoms with Crippen LogP contribution in [-0.4, -0.2) is 0 Å². The second-order valence-corrected chi connectivity index (χ2v) is 1.80. The monoisotopic (exact) mass is 165 g/mol. The van der Waals surface area contributed by atoms with E-state index in [1.807, 2.05) is 0 Å². The maximum Gasteiger partial charge on any atom is 0.255 e. The summed E-state index contributed by atoms with van der Waals surface area (Å²) in [5, 5.41) is 10.2. The minimum absolute atomic E-state index is 0.0218. The third-order valence-corrected chi connectivity index (χ3v) is 1.07. The molecule has 1 nitrogen and oxygen atoms in total. The van der Waals surface area contributed by atoms with Crippen LogP contribution in [0.2, 0.25) is 0 Å². The molecule has 0 aliphatic carbocycles. The molecule has 0 aliphatic heterocycles. The van der Waals surface area contributed by atoms with E-state index in [1.165, 1.54) is 0 Å². The van der Waals surface area contributed by atoms with Crippen molar-refractivity contribution in [2.45, 2.75) is 0 Å². The van der Waals surface area contributed by atoms with Gasteiger partial charge in [-0.3, -0.25) is 5.11 Å². The molecule has 0 aliphatic rings. The summed E-state index contributed by atoms with van der Waals surface area (Å²) in [6.07, 6.45) is 0. The zero-order chi connectivity index (χ0) is 8.59. The summed E-state index contributed by atoms with van der Waals surface area (Å²) < 4.78 is 48.2. The lowest BCUT2D eigenvalue weighted by Gasteiger charge is -1.95. The van der Waals surface area contributed by atoms with E-state index in [-0.39, 0.29) is 6.07 Å². The average Bonchev–Trinajstić information content (AvgIpc) is 1.97. The van der Waals surface area contributed by atoms with Crippen LogP contribution in [0.1, 0.15) is 0 Å². The van der Waals surface area contributed by atoms with Crippen molar-refractivity contribution in [3.8, 4) is 5.75 Å². The molecule has 0 heterocycles. The van der Waals surface area contributed by atoms with Crippen LogP contribution in [-0.2, 0) is 5.11 Å². The van der Waals surface area contributed by atoms with Gasteiger partial charge in [-0.15, -0.1) is 0 Å². The van der Waals surface area contributed by atoms with Gasteiger partial charge in [0.05, 0.1) is 0 Å². The van der Waals surface area contributed by atoms with Gasteiger partial charge in [-0.2, -0.15) is 8.78 Å². The summed E-state index contributed by atoms with van der Waals surface area (Å²) in [5.74, 6) is -9.06. The smallest absolute Gasteiger partial charge is 0.255 e. The molecule has 1 aromatic carbocycles. The van der Waals surface area contributed by atoms with Gasteiger partial charge in [0.25, 0.3) is 5.75 Å². The van der Waals surface area contributed by atoms with Gasteiger partial charge < -0.3 is 0 Å². The Kier molecular flexibility index (Phi) is 1.72. The second kappa shape index (κ2) is 2.41. The van der Waals surface area contributed by atoms with Gasteiger partial charge in [0.15, 0.2) is 11.6 Å². The fourth-order valence-electron chi connectivity index (χ4n) is 0.551. The van der Waals surface area contributed by atoms with Crippen LogP contribution >= 0.6 is 0 Å². The van der Waals surface area contributed by atoms with Crippen molar-refractivity contribution >= 4 is 0 Å². The molecule has 0 amide bonds. The molecule has 1 radical (unpaired) electrons. The van der Waals surface area contributed by atoms with E-state index in [9.17, 15) is 22.7 Å². The molecule has 0 fully saturated rings. The van der Waals surface area contributed by atoms with Gasteiger partial charge in [0.1, 0.15) is 0 Å². The first kappa shape index (κ1) is 7.84. The normalized spacial score (nSPS) is 10.2. The highest BCUT2D eigenvalue weighted by molar-refractivity contribution is 5.26. The summed E-state index contributed by atoms with van der Waals surface area (Å²) in [7, 11) is 0. The molecule has 59 valence electrons. The average molecular weight is 165 g/mol. The molecule has 0 spiro atoms. The zero-order valence-corrected chi connectivity index (χ0v) is 5.00. The fraction of sp³-hybridized carbons (Fsp3) is 0. The number of hydrogen-bond acceptors (Lipinski definition) is 0. The Morgan fingerprint density at radius 2 is 1.27 bits per heavy atom. The molecule has 0 saturated carbocycles. The minimum atomic E-state index is -1.90. The highest BCUT2D eigenvalue weighted by Gasteiger charge is 2.19. The number of rotatable bonds is 0. The predicted octanol–water partition coefficient (Wildman–Crippen LogP) is 2.39. The van der Waals surface area contributed by atoms with Crippen LogP contribution in [0.25, 0.3) is 0 Å². The first-order valence-electron chi connectivity index (χ1n) is 2.54. The molecule has 0 aromatic heterocycles. The molecule has 0 saturated heterocycles. The Morgan fingerprint density at radius 3 is 1.64 bits per heavy atom. The molecule has 0 N–H and O–H groups in total. The van der Waals surface area contributed by atoms with Gasteiger partial charge in [0, 0.05) is 6.07 Å². The van der Waals surface area contributed by atoms with E-state index in [1.54, 1.807) is 0 Å². The van der Waals surface area contributed by atoms with Crippen LogP contribution in [0, 0.1) is 23.3 Å². The third-order valence-electron chi connectivity index (χ3n) is 1.07. The topological polar surface area (TPSA) is 19.9 Å². The lowest BCUT2D eigenvalue weighted by molar-refractivity contribution is 0.287. The summed E-state index contributed by atoms with van der Waals surface area (Å²) in [5.41, 5.74) is 0. The summed E-state index contributed by atoms with van der Waals surface area (Å²) in [6, 6.07) is -0.0218. The molecule has 1 rings (SSSR count). The van der Waals surface area contributed by atoms with Gasteiger partial charge in [-0.25, -0.2) is 8.78 Å². The van der Waals surface area contributed by atoms with E-state index < -0.39 is 29.0 Å². The van der Waals surface area contributed by atoms with Crippen molar-refractivity contribution in [3.63, 3.8) is 0 Å². The van der Waals surface area contributed by atoms with E-state index in [0.29, 0.717) is 0 Å². The Bertz CT molecular complexity index is 271. The van der Waals surface area contributed by atoms with Crippen LogP contribution in [0.4, 0.5) is 17.6 Å². The predicted molar refractivity (Wildman–Crippen MR) is 26.4 cm³/mol.